The molecule has 0 bridgehead atoms. The maximum atomic E-state index is 13.1. The van der Waals surface area contributed by atoms with Gasteiger partial charge in [0.25, 0.3) is 11.6 Å². The summed E-state index contributed by atoms with van der Waals surface area (Å²) in [5.41, 5.74) is 1.14. The average molecular weight is 421 g/mol. The number of nitrogens with zero attached hydrogens (tertiary/aromatic N) is 3. The summed E-state index contributed by atoms with van der Waals surface area (Å²) < 4.78 is 11.2. The minimum absolute atomic E-state index is 0.0198. The molecule has 0 N–H and O–H groups in total. The molecular formula is C23H23N3O5. The van der Waals surface area contributed by atoms with Crippen LogP contribution in [0.1, 0.15) is 43.6 Å². The third kappa shape index (κ3) is 4.79. The summed E-state index contributed by atoms with van der Waals surface area (Å²) in [6.07, 6.45) is 5.41. The number of hydrogen-bond acceptors (Lipinski definition) is 7. The molecule has 1 heterocycles. The van der Waals surface area contributed by atoms with Crippen LogP contribution in [0.5, 0.6) is 0 Å². The van der Waals surface area contributed by atoms with Crippen LogP contribution in [0.25, 0.3) is 11.5 Å². The van der Waals surface area contributed by atoms with Crippen LogP contribution in [-0.4, -0.2) is 21.1 Å². The second-order valence-corrected chi connectivity index (χ2v) is 7.88. The molecule has 3 aromatic rings. The molecule has 2 aromatic carbocycles. The number of carbonyl (C=O) groups excluding carboxylic acids is 1. The van der Waals surface area contributed by atoms with Crippen LogP contribution in [-0.2, 0) is 22.6 Å². The molecular weight excluding hydrogens is 398 g/mol. The highest BCUT2D eigenvalue weighted by Crippen LogP contribution is 2.40. The van der Waals surface area contributed by atoms with Crippen molar-refractivity contribution in [3.8, 4) is 11.5 Å². The van der Waals surface area contributed by atoms with E-state index in [9.17, 15) is 14.9 Å². The Morgan fingerprint density at radius 1 is 1.03 bits per heavy atom. The maximum Gasteiger partial charge on any atom is 0.312 e. The molecule has 0 spiro atoms. The number of carbonyl (C=O) groups is 1. The van der Waals surface area contributed by atoms with Crippen molar-refractivity contribution >= 4 is 11.7 Å². The Labute approximate surface area is 179 Å². The van der Waals surface area contributed by atoms with Crippen LogP contribution >= 0.6 is 0 Å². The first-order valence-electron chi connectivity index (χ1n) is 10.3. The summed E-state index contributed by atoms with van der Waals surface area (Å²) in [4.78, 5) is 23.4. The lowest BCUT2D eigenvalue weighted by Gasteiger charge is -2.35. The molecule has 0 amide bonds. The number of ether oxygens (including phenoxy) is 1. The molecule has 1 saturated carbocycles. The number of benzene rings is 2. The van der Waals surface area contributed by atoms with E-state index in [1.54, 1.807) is 0 Å². The van der Waals surface area contributed by atoms with Crippen LogP contribution in [0.2, 0.25) is 0 Å². The van der Waals surface area contributed by atoms with Gasteiger partial charge in [-0.25, -0.2) is 0 Å². The highest BCUT2D eigenvalue weighted by Gasteiger charge is 2.41. The number of rotatable bonds is 7. The number of hydrogen-bond donors (Lipinski definition) is 0. The van der Waals surface area contributed by atoms with Crippen molar-refractivity contribution in [2.24, 2.45) is 5.41 Å². The van der Waals surface area contributed by atoms with Crippen LogP contribution in [0.4, 0.5) is 5.69 Å². The van der Waals surface area contributed by atoms with Gasteiger partial charge in [-0.1, -0.05) is 49.6 Å². The molecule has 0 unspecified atom stereocenters. The molecule has 1 aromatic heterocycles. The van der Waals surface area contributed by atoms with E-state index in [1.807, 2.05) is 30.3 Å². The Bertz CT molecular complexity index is 1040. The number of esters is 1. The summed E-state index contributed by atoms with van der Waals surface area (Å²) in [6, 6.07) is 15.8. The fourth-order valence-electron chi connectivity index (χ4n) is 4.10. The van der Waals surface area contributed by atoms with Gasteiger partial charge < -0.3 is 9.15 Å². The van der Waals surface area contributed by atoms with E-state index in [2.05, 4.69) is 10.2 Å². The van der Waals surface area contributed by atoms with Crippen molar-refractivity contribution in [1.82, 2.24) is 10.2 Å². The van der Waals surface area contributed by atoms with Crippen molar-refractivity contribution in [1.29, 1.82) is 0 Å². The lowest BCUT2D eigenvalue weighted by molar-refractivity contribution is -0.384. The first kappa shape index (κ1) is 20.7. The Morgan fingerprint density at radius 3 is 2.42 bits per heavy atom. The zero-order chi connectivity index (χ0) is 21.7. The van der Waals surface area contributed by atoms with Gasteiger partial charge in [0.1, 0.15) is 0 Å². The minimum Gasteiger partial charge on any atom is -0.455 e. The summed E-state index contributed by atoms with van der Waals surface area (Å²) in [5, 5.41) is 18.7. The van der Waals surface area contributed by atoms with E-state index in [0.717, 1.165) is 37.7 Å². The smallest absolute Gasteiger partial charge is 0.312 e. The van der Waals surface area contributed by atoms with Gasteiger partial charge in [0.2, 0.25) is 5.89 Å². The Balaban J connectivity index is 1.43. The first-order valence-corrected chi connectivity index (χ1v) is 10.3. The molecule has 1 fully saturated rings. The van der Waals surface area contributed by atoms with Crippen molar-refractivity contribution < 1.29 is 18.9 Å². The van der Waals surface area contributed by atoms with Crippen LogP contribution < -0.4 is 0 Å². The molecule has 4 rings (SSSR count). The number of non-ortho nitro benzene ring substituents is 1. The monoisotopic (exact) mass is 421 g/mol. The van der Waals surface area contributed by atoms with Gasteiger partial charge in [-0.15, -0.1) is 10.2 Å². The minimum atomic E-state index is -0.527. The Kier molecular flexibility index (Phi) is 6.06. The van der Waals surface area contributed by atoms with Gasteiger partial charge >= 0.3 is 5.97 Å². The first-order chi connectivity index (χ1) is 15.1. The standard InChI is InChI=1S/C23H23N3O5/c27-22(23(13-5-2-6-14-23)15-17-7-3-1-4-8-17)30-16-20-24-25-21(31-20)18-9-11-19(12-10-18)26(28)29/h1,3-4,7-12H,2,5-6,13-16H2. The van der Waals surface area contributed by atoms with Crippen molar-refractivity contribution in [3.63, 3.8) is 0 Å². The van der Waals surface area contributed by atoms with E-state index in [0.29, 0.717) is 12.0 Å². The van der Waals surface area contributed by atoms with Crippen LogP contribution in [0.15, 0.2) is 59.0 Å². The third-order valence-corrected chi connectivity index (χ3v) is 5.75. The number of nitro groups is 1. The number of nitro benzene ring substituents is 1. The van der Waals surface area contributed by atoms with Gasteiger partial charge in [-0.2, -0.15) is 0 Å². The largest absolute Gasteiger partial charge is 0.455 e. The summed E-state index contributed by atoms with van der Waals surface area (Å²) in [7, 11) is 0. The van der Waals surface area contributed by atoms with Crippen molar-refractivity contribution in [2.75, 3.05) is 0 Å². The second-order valence-electron chi connectivity index (χ2n) is 7.88. The van der Waals surface area contributed by atoms with Gasteiger partial charge in [0.05, 0.1) is 10.3 Å². The zero-order valence-electron chi connectivity index (χ0n) is 17.0. The SMILES string of the molecule is O=C(OCc1nnc(-c2ccc([N+](=O)[O-])cc2)o1)C1(Cc2ccccc2)CCCCC1. The second kappa shape index (κ2) is 9.07. The van der Waals surface area contributed by atoms with Gasteiger partial charge in [0, 0.05) is 17.7 Å². The quantitative estimate of drug-likeness (QED) is 0.304. The van der Waals surface area contributed by atoms with Crippen molar-refractivity contribution in [3.05, 3.63) is 76.2 Å². The molecule has 31 heavy (non-hydrogen) atoms. The predicted molar refractivity (Wildman–Crippen MR) is 112 cm³/mol. The molecule has 0 atom stereocenters. The Morgan fingerprint density at radius 2 is 1.74 bits per heavy atom. The molecule has 8 nitrogen and oxygen atoms in total. The normalized spacial score (nSPS) is 15.4. The molecule has 0 saturated heterocycles. The summed E-state index contributed by atoms with van der Waals surface area (Å²) in [5.74, 6) is 0.177. The average Bonchev–Trinajstić information content (AvgIpc) is 3.28. The van der Waals surface area contributed by atoms with Crippen LogP contribution in [0.3, 0.4) is 0 Å². The van der Waals surface area contributed by atoms with E-state index in [-0.39, 0.29) is 30.0 Å². The molecule has 160 valence electrons. The molecule has 1 aliphatic carbocycles. The lowest BCUT2D eigenvalue weighted by Crippen LogP contribution is -2.37. The predicted octanol–water partition coefficient (Wildman–Crippen LogP) is 4.88. The summed E-state index contributed by atoms with van der Waals surface area (Å²) in [6.45, 7) is -0.102. The highest BCUT2D eigenvalue weighted by molar-refractivity contribution is 5.77. The van der Waals surface area contributed by atoms with E-state index in [4.69, 9.17) is 9.15 Å². The fraction of sp³-hybridized carbons (Fsp3) is 0.348. The number of aromatic nitrogens is 2. The Hall–Kier alpha value is -3.55. The molecule has 8 heteroatoms. The van der Waals surface area contributed by atoms with E-state index in [1.165, 1.54) is 24.3 Å². The maximum absolute atomic E-state index is 13.1. The highest BCUT2D eigenvalue weighted by atomic mass is 16.6. The van der Waals surface area contributed by atoms with Gasteiger partial charge in [-0.05, 0) is 37.0 Å². The lowest BCUT2D eigenvalue weighted by atomic mass is 9.70. The van der Waals surface area contributed by atoms with E-state index < -0.39 is 10.3 Å². The third-order valence-electron chi connectivity index (χ3n) is 5.75. The van der Waals surface area contributed by atoms with Gasteiger partial charge in [0.15, 0.2) is 6.61 Å². The fourth-order valence-corrected chi connectivity index (χ4v) is 4.10. The van der Waals surface area contributed by atoms with Crippen LogP contribution in [0, 0.1) is 15.5 Å². The zero-order valence-corrected chi connectivity index (χ0v) is 17.0. The summed E-state index contributed by atoms with van der Waals surface area (Å²) >= 11 is 0. The molecule has 0 radical (unpaired) electrons. The van der Waals surface area contributed by atoms with Gasteiger partial charge in [-0.3, -0.25) is 14.9 Å². The van der Waals surface area contributed by atoms with Crippen molar-refractivity contribution in [2.45, 2.75) is 45.1 Å². The molecule has 0 aliphatic heterocycles. The van der Waals surface area contributed by atoms with E-state index >= 15 is 0 Å². The topological polar surface area (TPSA) is 108 Å². The molecule has 1 aliphatic rings.